The first-order valence-electron chi connectivity index (χ1n) is 15.8. The van der Waals surface area contributed by atoms with E-state index in [2.05, 4.69) is 10.4 Å². The van der Waals surface area contributed by atoms with Crippen molar-refractivity contribution in [1.29, 1.82) is 0 Å². The molecule has 4 aliphatic rings. The molecule has 0 radical (unpaired) electrons. The molecule has 10 nitrogen and oxygen atoms in total. The third-order valence-electron chi connectivity index (χ3n) is 10.5. The quantitative estimate of drug-likeness (QED) is 0.229. The van der Waals surface area contributed by atoms with Crippen LogP contribution in [-0.2, 0) is 30.8 Å². The number of nitrogens with zero attached hydrogens (tertiary/aromatic N) is 3. The number of carbonyl (C=O) groups is 4. The lowest BCUT2D eigenvalue weighted by atomic mass is 9.49. The highest BCUT2D eigenvalue weighted by Crippen LogP contribution is 2.66. The van der Waals surface area contributed by atoms with Gasteiger partial charge in [-0.1, -0.05) is 53.1 Å². The Bertz CT molecular complexity index is 1990. The summed E-state index contributed by atoms with van der Waals surface area (Å²) in [5.74, 6) is -7.25. The van der Waals surface area contributed by atoms with Crippen LogP contribution in [0.1, 0.15) is 42.4 Å². The van der Waals surface area contributed by atoms with Gasteiger partial charge in [0.25, 0.3) is 11.8 Å². The van der Waals surface area contributed by atoms with Crippen molar-refractivity contribution >= 4 is 52.6 Å². The van der Waals surface area contributed by atoms with E-state index in [1.807, 2.05) is 6.08 Å². The number of hydrazine groups is 1. The molecule has 50 heavy (non-hydrogen) atoms. The third kappa shape index (κ3) is 4.80. The van der Waals surface area contributed by atoms with Crippen LogP contribution in [-0.4, -0.2) is 57.3 Å². The van der Waals surface area contributed by atoms with Crippen LogP contribution < -0.4 is 10.2 Å². The first-order valence-corrected chi connectivity index (χ1v) is 16.6. The second-order valence-corrected chi connectivity index (χ2v) is 13.6. The number of aromatic hydroxyl groups is 1. The van der Waals surface area contributed by atoms with E-state index < -0.39 is 63.6 Å². The van der Waals surface area contributed by atoms with Crippen LogP contribution in [0.4, 0.5) is 19.0 Å². The fourth-order valence-corrected chi connectivity index (χ4v) is 8.81. The van der Waals surface area contributed by atoms with Gasteiger partial charge in [0.05, 0.1) is 40.9 Å². The molecule has 3 fully saturated rings. The van der Waals surface area contributed by atoms with Crippen molar-refractivity contribution in [2.45, 2.75) is 37.3 Å². The van der Waals surface area contributed by atoms with Gasteiger partial charge in [0, 0.05) is 29.2 Å². The summed E-state index contributed by atoms with van der Waals surface area (Å²) in [4.78, 5) is 62.1. The molecule has 15 heteroatoms. The van der Waals surface area contributed by atoms with Gasteiger partial charge in [-0.15, -0.1) is 0 Å². The molecule has 2 N–H and O–H groups in total. The summed E-state index contributed by atoms with van der Waals surface area (Å²) < 4.78 is 45.9. The number of phenols is 1. The lowest BCUT2D eigenvalue weighted by molar-refractivity contribution is -0.141. The number of halogens is 5. The fourth-order valence-electron chi connectivity index (χ4n) is 8.47. The fraction of sp³-hybridized carbons (Fsp3) is 0.343. The predicted molar refractivity (Wildman–Crippen MR) is 174 cm³/mol. The number of nitrogens with one attached hydrogen (secondary N) is 1. The summed E-state index contributed by atoms with van der Waals surface area (Å²) in [5, 5.41) is 12.1. The predicted octanol–water partition coefficient (Wildman–Crippen LogP) is 6.13. The number of carbonyl (C=O) groups excluding carboxylic acids is 4. The van der Waals surface area contributed by atoms with E-state index in [1.165, 1.54) is 18.1 Å². The SMILES string of the molecule is CCN1C(=O)C2CC=C3C(CC4C(=O)N(Nc5ncc(C(F)(F)F)cc5Cl)C(=O)C4(c4ccc(Cl)cc4)C3c3c(O)cccc3OC)C2C1=O. The number of likely N-dealkylation sites (tertiary alicyclic amines) is 1. The molecule has 3 aromatic rings. The van der Waals surface area contributed by atoms with Crippen LogP contribution in [0.15, 0.2) is 66.4 Å². The minimum Gasteiger partial charge on any atom is -0.508 e. The number of hydrogen-bond donors (Lipinski definition) is 2. The average molecular weight is 730 g/mol. The number of amides is 4. The van der Waals surface area contributed by atoms with Crippen molar-refractivity contribution in [1.82, 2.24) is 14.9 Å². The number of fused-ring (bicyclic) bond motifs is 4. The molecule has 0 bridgehead atoms. The zero-order valence-corrected chi connectivity index (χ0v) is 28.0. The molecule has 6 unspecified atom stereocenters. The van der Waals surface area contributed by atoms with Crippen LogP contribution in [0.3, 0.4) is 0 Å². The number of aromatic nitrogens is 1. The van der Waals surface area contributed by atoms with Crippen molar-refractivity contribution in [2.24, 2.45) is 23.7 Å². The number of rotatable bonds is 6. The Morgan fingerprint density at radius 3 is 2.40 bits per heavy atom. The van der Waals surface area contributed by atoms with Gasteiger partial charge in [-0.25, -0.2) is 4.98 Å². The number of allylic oxidation sites excluding steroid dienone is 2. The molecule has 2 aromatic carbocycles. The molecule has 2 aliphatic carbocycles. The van der Waals surface area contributed by atoms with E-state index in [9.17, 15) is 32.7 Å². The number of anilines is 1. The summed E-state index contributed by atoms with van der Waals surface area (Å²) in [6.45, 7) is 1.87. The number of phenolic OH excluding ortho intramolecular Hbond substituents is 1. The summed E-state index contributed by atoms with van der Waals surface area (Å²) in [7, 11) is 1.39. The first kappa shape index (κ1) is 33.9. The third-order valence-corrected chi connectivity index (χ3v) is 11.1. The molecular weight excluding hydrogens is 700 g/mol. The van der Waals surface area contributed by atoms with Gasteiger partial charge in [-0.05, 0) is 61.6 Å². The van der Waals surface area contributed by atoms with Crippen molar-refractivity contribution in [3.05, 3.63) is 93.1 Å². The van der Waals surface area contributed by atoms with E-state index in [4.69, 9.17) is 27.9 Å². The van der Waals surface area contributed by atoms with Crippen LogP contribution in [0.2, 0.25) is 10.0 Å². The number of benzene rings is 2. The average Bonchev–Trinajstić information content (AvgIpc) is 3.45. The number of alkyl halides is 3. The van der Waals surface area contributed by atoms with E-state index in [0.717, 1.165) is 0 Å². The first-order chi connectivity index (χ1) is 23.7. The van der Waals surface area contributed by atoms with E-state index in [0.29, 0.717) is 33.4 Å². The van der Waals surface area contributed by atoms with Gasteiger partial charge in [-0.2, -0.15) is 18.2 Å². The second-order valence-electron chi connectivity index (χ2n) is 12.7. The number of ether oxygens (including phenoxy) is 1. The molecule has 6 atom stereocenters. The van der Waals surface area contributed by atoms with Crippen molar-refractivity contribution < 1.29 is 42.2 Å². The highest BCUT2D eigenvalue weighted by molar-refractivity contribution is 6.33. The lowest BCUT2D eigenvalue weighted by Crippen LogP contribution is -2.53. The van der Waals surface area contributed by atoms with Gasteiger partial charge in [0.15, 0.2) is 5.82 Å². The van der Waals surface area contributed by atoms with E-state index in [1.54, 1.807) is 43.3 Å². The Morgan fingerprint density at radius 2 is 1.76 bits per heavy atom. The van der Waals surface area contributed by atoms with Crippen LogP contribution in [0.25, 0.3) is 0 Å². The summed E-state index contributed by atoms with van der Waals surface area (Å²) >= 11 is 12.5. The molecule has 7 rings (SSSR count). The van der Waals surface area contributed by atoms with Gasteiger partial charge in [0.1, 0.15) is 11.5 Å². The molecular formula is C35H29Cl2F3N4O6. The number of imide groups is 2. The Balaban J connectivity index is 1.47. The standard InChI is InChI=1S/C35H29Cl2F3N4O6/c1-3-43-30(46)20-12-11-19-21(26(20)32(43)48)14-22-31(47)44(42-29-23(37)13-17(15-41-29)35(38,39)40)33(49)34(22,16-7-9-18(36)10-8-16)28(19)27-24(45)5-4-6-25(27)50-2/h4-11,13,15,20-22,26,28,45H,3,12,14H2,1-2H3,(H,41,42). The maximum atomic E-state index is 15.2. The normalized spacial score (nSPS) is 27.6. The molecule has 0 spiro atoms. The van der Waals surface area contributed by atoms with Gasteiger partial charge < -0.3 is 9.84 Å². The molecule has 260 valence electrons. The van der Waals surface area contributed by atoms with Crippen LogP contribution in [0.5, 0.6) is 11.5 Å². The largest absolute Gasteiger partial charge is 0.508 e. The second kappa shape index (κ2) is 12.0. The Hall–Kier alpha value is -4.62. The topological polar surface area (TPSA) is 129 Å². The minimum absolute atomic E-state index is 0.0461. The van der Waals surface area contributed by atoms with Crippen LogP contribution >= 0.6 is 23.2 Å². The lowest BCUT2D eigenvalue weighted by Gasteiger charge is -2.50. The zero-order chi connectivity index (χ0) is 35.9. The van der Waals surface area contributed by atoms with Gasteiger partial charge in [0.2, 0.25) is 11.8 Å². The summed E-state index contributed by atoms with van der Waals surface area (Å²) in [6.07, 6.45) is -2.27. The monoisotopic (exact) mass is 728 g/mol. The zero-order valence-electron chi connectivity index (χ0n) is 26.5. The molecule has 2 saturated heterocycles. The number of methoxy groups -OCH3 is 1. The highest BCUT2D eigenvalue weighted by atomic mass is 35.5. The van der Waals surface area contributed by atoms with Crippen molar-refractivity contribution in [3.8, 4) is 11.5 Å². The van der Waals surface area contributed by atoms with Gasteiger partial charge in [-0.3, -0.25) is 29.5 Å². The Kier molecular flexibility index (Phi) is 8.13. The molecule has 4 amide bonds. The Morgan fingerprint density at radius 1 is 1.04 bits per heavy atom. The van der Waals surface area contributed by atoms with E-state index in [-0.39, 0.29) is 54.1 Å². The van der Waals surface area contributed by atoms with Gasteiger partial charge >= 0.3 is 6.18 Å². The maximum Gasteiger partial charge on any atom is 0.417 e. The van der Waals surface area contributed by atoms with Crippen molar-refractivity contribution in [3.63, 3.8) is 0 Å². The van der Waals surface area contributed by atoms with Crippen molar-refractivity contribution in [2.75, 3.05) is 19.1 Å². The smallest absolute Gasteiger partial charge is 0.417 e. The number of pyridine rings is 1. The van der Waals surface area contributed by atoms with E-state index >= 15 is 4.79 Å². The molecule has 3 heterocycles. The maximum absolute atomic E-state index is 15.2. The van der Waals surface area contributed by atoms with Crippen LogP contribution in [0, 0.1) is 23.7 Å². The highest BCUT2D eigenvalue weighted by Gasteiger charge is 2.71. The Labute approximate surface area is 293 Å². The molecule has 1 saturated carbocycles. The molecule has 1 aromatic heterocycles. The summed E-state index contributed by atoms with van der Waals surface area (Å²) in [5.41, 5.74) is 0.739. The minimum atomic E-state index is -4.75. The summed E-state index contributed by atoms with van der Waals surface area (Å²) in [6, 6.07) is 11.5. The molecule has 2 aliphatic heterocycles. The number of hydrogen-bond acceptors (Lipinski definition) is 8.